The minimum absolute atomic E-state index is 0.910. The van der Waals surface area contributed by atoms with E-state index in [1.54, 1.807) is 10.8 Å². The predicted octanol–water partition coefficient (Wildman–Crippen LogP) is 2.11. The van der Waals surface area contributed by atoms with Crippen molar-refractivity contribution in [3.8, 4) is 0 Å². The van der Waals surface area contributed by atoms with Gasteiger partial charge in [0.25, 0.3) is 0 Å². The molecule has 0 aliphatic carbocycles. The second-order valence-corrected chi connectivity index (χ2v) is 3.55. The third-order valence-corrected chi connectivity index (χ3v) is 2.81. The molecule has 0 aliphatic rings. The van der Waals surface area contributed by atoms with Gasteiger partial charge in [0.2, 0.25) is 0 Å². The van der Waals surface area contributed by atoms with Crippen molar-refractivity contribution in [1.29, 1.82) is 0 Å². The highest BCUT2D eigenvalue weighted by atomic mass is 79.9. The van der Waals surface area contributed by atoms with E-state index in [1.165, 1.54) is 5.56 Å². The van der Waals surface area contributed by atoms with Crippen LogP contribution in [-0.2, 0) is 0 Å². The predicted molar refractivity (Wildman–Crippen MR) is 50.2 cm³/mol. The number of aromatic nitrogens is 3. The number of hydrogen-bond donors (Lipinski definition) is 0. The normalized spacial score (nSPS) is 10.9. The van der Waals surface area contributed by atoms with Crippen LogP contribution >= 0.6 is 15.9 Å². The topological polar surface area (TPSA) is 30.2 Å². The zero-order valence-corrected chi connectivity index (χ0v) is 8.46. The highest BCUT2D eigenvalue weighted by Crippen LogP contribution is 2.19. The first kappa shape index (κ1) is 7.73. The molecule has 0 spiro atoms. The van der Waals surface area contributed by atoms with Crippen LogP contribution in [0.15, 0.2) is 17.0 Å². The summed E-state index contributed by atoms with van der Waals surface area (Å²) in [5.41, 5.74) is 3.23. The Balaban J connectivity index is 2.97. The summed E-state index contributed by atoms with van der Waals surface area (Å²) in [4.78, 5) is 4.14. The molecule has 0 aliphatic heterocycles. The number of aryl methyl sites for hydroxylation is 2. The fraction of sp³-hybridized carbons (Fsp3) is 0.250. The Hall–Kier alpha value is -0.900. The van der Waals surface area contributed by atoms with Crippen molar-refractivity contribution in [3.05, 3.63) is 28.1 Å². The van der Waals surface area contributed by atoms with Crippen molar-refractivity contribution < 1.29 is 0 Å². The van der Waals surface area contributed by atoms with Crippen LogP contribution in [0.1, 0.15) is 11.1 Å². The minimum Gasteiger partial charge on any atom is -0.215 e. The lowest BCUT2D eigenvalue weighted by molar-refractivity contribution is 0.919. The second-order valence-electron chi connectivity index (χ2n) is 2.80. The smallest absolute Gasteiger partial charge is 0.159 e. The lowest BCUT2D eigenvalue weighted by Gasteiger charge is -2.02. The number of nitrogens with zero attached hydrogens (tertiary/aromatic N) is 3. The van der Waals surface area contributed by atoms with Crippen LogP contribution in [0.3, 0.4) is 0 Å². The van der Waals surface area contributed by atoms with Crippen LogP contribution < -0.4 is 0 Å². The molecule has 2 aromatic rings. The number of rotatable bonds is 0. The summed E-state index contributed by atoms with van der Waals surface area (Å²) >= 11 is 3.45. The molecule has 0 radical (unpaired) electrons. The first-order valence-electron chi connectivity index (χ1n) is 3.65. The molecule has 4 heteroatoms. The van der Waals surface area contributed by atoms with E-state index < -0.39 is 0 Å². The van der Waals surface area contributed by atoms with Gasteiger partial charge in [0.05, 0.1) is 0 Å². The lowest BCUT2D eigenvalue weighted by atomic mass is 10.2. The van der Waals surface area contributed by atoms with Gasteiger partial charge in [-0.15, -0.1) is 0 Å². The molecule has 2 aromatic heterocycles. The highest BCUT2D eigenvalue weighted by Gasteiger charge is 2.05. The summed E-state index contributed by atoms with van der Waals surface area (Å²) < 4.78 is 2.77. The maximum Gasteiger partial charge on any atom is 0.159 e. The Labute approximate surface area is 78.6 Å². The molecule has 0 atom stereocenters. The average Bonchev–Trinajstić information content (AvgIpc) is 2.48. The van der Waals surface area contributed by atoms with Gasteiger partial charge in [0.15, 0.2) is 5.65 Å². The van der Waals surface area contributed by atoms with E-state index in [-0.39, 0.29) is 0 Å². The zero-order valence-electron chi connectivity index (χ0n) is 6.87. The molecule has 12 heavy (non-hydrogen) atoms. The van der Waals surface area contributed by atoms with Gasteiger partial charge in [-0.25, -0.2) is 9.50 Å². The van der Waals surface area contributed by atoms with Crippen LogP contribution in [0.2, 0.25) is 0 Å². The monoisotopic (exact) mass is 225 g/mol. The van der Waals surface area contributed by atoms with Crippen molar-refractivity contribution in [2.75, 3.05) is 0 Å². The molecule has 0 amide bonds. The molecule has 62 valence electrons. The van der Waals surface area contributed by atoms with Crippen molar-refractivity contribution in [3.63, 3.8) is 0 Å². The molecule has 2 heterocycles. The Morgan fingerprint density at radius 3 is 2.83 bits per heavy atom. The molecule has 0 N–H and O–H groups in total. The van der Waals surface area contributed by atoms with E-state index >= 15 is 0 Å². The number of pyridine rings is 1. The van der Waals surface area contributed by atoms with Crippen LogP contribution in [0, 0.1) is 13.8 Å². The quantitative estimate of drug-likeness (QED) is 0.644. The van der Waals surface area contributed by atoms with E-state index in [0.717, 1.165) is 15.8 Å². The molecule has 0 fully saturated rings. The largest absolute Gasteiger partial charge is 0.215 e. The lowest BCUT2D eigenvalue weighted by Crippen LogP contribution is -1.94. The molecule has 0 bridgehead atoms. The van der Waals surface area contributed by atoms with Crippen molar-refractivity contribution in [1.82, 2.24) is 14.6 Å². The van der Waals surface area contributed by atoms with Crippen molar-refractivity contribution >= 4 is 21.6 Å². The van der Waals surface area contributed by atoms with Crippen molar-refractivity contribution in [2.45, 2.75) is 13.8 Å². The van der Waals surface area contributed by atoms with Crippen LogP contribution in [0.25, 0.3) is 5.65 Å². The summed E-state index contributed by atoms with van der Waals surface area (Å²) in [6.45, 7) is 4.07. The average molecular weight is 226 g/mol. The van der Waals surface area contributed by atoms with Crippen LogP contribution in [0.5, 0.6) is 0 Å². The van der Waals surface area contributed by atoms with Crippen LogP contribution in [-0.4, -0.2) is 14.6 Å². The highest BCUT2D eigenvalue weighted by molar-refractivity contribution is 9.10. The van der Waals surface area contributed by atoms with Gasteiger partial charge >= 0.3 is 0 Å². The number of hydrogen-bond acceptors (Lipinski definition) is 2. The van der Waals surface area contributed by atoms with E-state index in [2.05, 4.69) is 32.1 Å². The first-order valence-corrected chi connectivity index (χ1v) is 4.45. The van der Waals surface area contributed by atoms with E-state index in [0.29, 0.717) is 0 Å². The van der Waals surface area contributed by atoms with Crippen molar-refractivity contribution in [2.24, 2.45) is 0 Å². The van der Waals surface area contributed by atoms with Gasteiger partial charge in [0, 0.05) is 0 Å². The zero-order chi connectivity index (χ0) is 8.72. The fourth-order valence-electron chi connectivity index (χ4n) is 1.27. The standard InChI is InChI=1S/C8H8BrN3/c1-5-3-6(2)8-10-4-11-12(8)7(5)9/h3-4H,1-2H3. The molecule has 0 aromatic carbocycles. The fourth-order valence-corrected chi connectivity index (χ4v) is 1.64. The van der Waals surface area contributed by atoms with Gasteiger partial charge in [-0.05, 0) is 47.0 Å². The number of fused-ring (bicyclic) bond motifs is 1. The molecular formula is C8H8BrN3. The summed E-state index contributed by atoms with van der Waals surface area (Å²) in [5.74, 6) is 0. The van der Waals surface area contributed by atoms with Gasteiger partial charge in [-0.3, -0.25) is 0 Å². The molecule has 2 rings (SSSR count). The molecule has 3 nitrogen and oxygen atoms in total. The Morgan fingerprint density at radius 1 is 1.33 bits per heavy atom. The Bertz CT molecular complexity index is 433. The molecule has 0 saturated heterocycles. The van der Waals surface area contributed by atoms with Crippen LogP contribution in [0.4, 0.5) is 0 Å². The maximum atomic E-state index is 4.14. The molecule has 0 unspecified atom stereocenters. The van der Waals surface area contributed by atoms with E-state index in [1.807, 2.05) is 13.8 Å². The summed E-state index contributed by atoms with van der Waals surface area (Å²) in [6, 6.07) is 2.09. The summed E-state index contributed by atoms with van der Waals surface area (Å²) in [6.07, 6.45) is 1.56. The molecular weight excluding hydrogens is 218 g/mol. The Morgan fingerprint density at radius 2 is 2.08 bits per heavy atom. The summed E-state index contributed by atoms with van der Waals surface area (Å²) in [7, 11) is 0. The van der Waals surface area contributed by atoms with E-state index in [4.69, 9.17) is 0 Å². The second kappa shape index (κ2) is 2.55. The summed E-state index contributed by atoms with van der Waals surface area (Å²) in [5, 5.41) is 4.10. The van der Waals surface area contributed by atoms with E-state index in [9.17, 15) is 0 Å². The first-order chi connectivity index (χ1) is 5.70. The third-order valence-electron chi connectivity index (χ3n) is 1.84. The van der Waals surface area contributed by atoms with Gasteiger partial charge in [-0.2, -0.15) is 5.10 Å². The third kappa shape index (κ3) is 0.948. The van der Waals surface area contributed by atoms with Gasteiger partial charge in [-0.1, -0.05) is 0 Å². The molecule has 0 saturated carbocycles. The van der Waals surface area contributed by atoms with Gasteiger partial charge in [0.1, 0.15) is 10.9 Å². The Kier molecular flexibility index (Phi) is 1.65. The maximum absolute atomic E-state index is 4.14. The van der Waals surface area contributed by atoms with Gasteiger partial charge < -0.3 is 0 Å². The number of halogens is 1. The SMILES string of the molecule is Cc1cc(C)c2ncnn2c1Br. The minimum atomic E-state index is 0.910.